The summed E-state index contributed by atoms with van der Waals surface area (Å²) in [6.07, 6.45) is 33.6. The number of hydrogen-bond donors (Lipinski definition) is 0. The van der Waals surface area contributed by atoms with Crippen LogP contribution in [0.3, 0.4) is 0 Å². The average molecular weight is 1710 g/mol. The van der Waals surface area contributed by atoms with Crippen molar-refractivity contribution in [3.63, 3.8) is 0 Å². The minimum atomic E-state index is 0.479. The molecule has 0 aliphatic heterocycles. The Morgan fingerprint density at radius 3 is 0.929 bits per heavy atom. The molecule has 0 spiro atoms. The van der Waals surface area contributed by atoms with Crippen LogP contribution in [-0.2, 0) is 6.42 Å². The predicted molar refractivity (Wildman–Crippen MR) is 533 cm³/mol. The second-order valence-corrected chi connectivity index (χ2v) is 26.3. The number of allylic oxidation sites excluding steroid dienone is 4. The molecule has 0 radical (unpaired) electrons. The standard InChI is InChI=1S/C20H22O2.C18H18O2.C16H16O2.C13H16O2.2C12H14O2.C12H14O.C10H12O/c1-3-5-15-21-19-11-7-17(8-12-19)18-9-13-20(14-10-18)22-16-6-4-2;1-3-13-19-17-11-7-5-9-15(17)16-10-6-8-12-18(16)20-14-4-2;1-3-11-17-15-9-10-16(18-12-4-2)14-8-6-5-7-13(14)15;1-4-6-11-7-8-12(15-9-5-2)13(10-11)14-3;1-3-9-13-11-5-7-12(8-6-11)14-10-4-2;1-3-8-13-11-6-5-7-12(10-11)14-9-4-2;1-3-7-11-8-5-6-9-12(11)13-10-4-2;1-3-7-11-10-6-4-5-9(2)8-10/h3-14H,15-16H2,1-2H3;3-12H,1-2,13-14H2;3-10H,1-2,11-12H2;4-8,10H,2,9H2,1,3H3;3-8H,1-2,9-10H2;3-7,10H,1-2,8-9H2;3-6,8-9H,1-2,7,10H2;3-6,8H,1,7H2,2H3/b5-3+,6-4+;;;6-4+;;;;. The van der Waals surface area contributed by atoms with Crippen LogP contribution < -0.4 is 66.3 Å². The predicted octanol–water partition coefficient (Wildman–Crippen LogP) is 28.2. The van der Waals surface area contributed by atoms with Crippen molar-refractivity contribution in [1.82, 2.24) is 0 Å². The number of benzene rings is 11. The highest BCUT2D eigenvalue weighted by Gasteiger charge is 2.12. The monoisotopic (exact) mass is 1710 g/mol. The third-order valence-electron chi connectivity index (χ3n) is 16.6. The highest BCUT2D eigenvalue weighted by atomic mass is 16.5. The van der Waals surface area contributed by atoms with Crippen LogP contribution >= 0.6 is 0 Å². The van der Waals surface area contributed by atoms with Gasteiger partial charge in [-0.25, -0.2) is 0 Å². The second kappa shape index (κ2) is 67.5. The largest absolute Gasteiger partial charge is 0.493 e. The fourth-order valence-corrected chi connectivity index (χ4v) is 10.8. The van der Waals surface area contributed by atoms with Gasteiger partial charge in [0.25, 0.3) is 0 Å². The Kier molecular flexibility index (Phi) is 55.5. The summed E-state index contributed by atoms with van der Waals surface area (Å²) in [4.78, 5) is 0. The van der Waals surface area contributed by atoms with Crippen molar-refractivity contribution in [3.05, 3.63) is 448 Å². The molecule has 0 saturated carbocycles. The van der Waals surface area contributed by atoms with Crippen LogP contribution in [0.15, 0.2) is 431 Å². The Balaban J connectivity index is 0.000000307. The molecule has 127 heavy (non-hydrogen) atoms. The van der Waals surface area contributed by atoms with E-state index in [-0.39, 0.29) is 0 Å². The van der Waals surface area contributed by atoms with E-state index in [1.54, 1.807) is 73.9 Å². The van der Waals surface area contributed by atoms with Gasteiger partial charge in [0.2, 0.25) is 0 Å². The summed E-state index contributed by atoms with van der Waals surface area (Å²) in [5, 5.41) is 2.09. The number of hydrogen-bond acceptors (Lipinski definition) is 14. The van der Waals surface area contributed by atoms with E-state index in [1.807, 2.05) is 295 Å². The Hall–Kier alpha value is -15.0. The SMILES string of the molecule is C/C=C/COc1ccc(-c2ccc(OC/C=C/C)cc2)cc1.C=CCOc1ccc(/C=C/C)cc1OC.C=CCOc1ccc(OCC=C)c2ccccc12.C=CCOc1ccc(OCC=C)cc1.C=CCOc1cccc(C)c1.C=CCOc1cccc(OCC=C)c1.C=CCOc1ccccc1-c1ccccc1OCC=C.C=CCOc1ccccc1CC=C. The molecule has 0 N–H and O–H groups in total. The van der Waals surface area contributed by atoms with E-state index in [4.69, 9.17) is 66.3 Å². The minimum absolute atomic E-state index is 0.479. The smallest absolute Gasteiger partial charge is 0.161 e. The van der Waals surface area contributed by atoms with Crippen LogP contribution in [0.4, 0.5) is 0 Å². The maximum Gasteiger partial charge on any atom is 0.161 e. The number of methoxy groups -OCH3 is 1. The zero-order valence-corrected chi connectivity index (χ0v) is 74.7. The Morgan fingerprint density at radius 1 is 0.236 bits per heavy atom. The second-order valence-electron chi connectivity index (χ2n) is 26.3. The zero-order valence-electron chi connectivity index (χ0n) is 74.7. The summed E-state index contributed by atoms with van der Waals surface area (Å²) in [6, 6.07) is 80.6. The van der Waals surface area contributed by atoms with Crippen molar-refractivity contribution < 1.29 is 66.3 Å². The highest BCUT2D eigenvalue weighted by molar-refractivity contribution is 5.93. The molecular weight excluding hydrogens is 1580 g/mol. The summed E-state index contributed by atoms with van der Waals surface area (Å²) >= 11 is 0. The van der Waals surface area contributed by atoms with Crippen LogP contribution in [0.5, 0.6) is 80.5 Å². The van der Waals surface area contributed by atoms with Crippen molar-refractivity contribution in [2.75, 3.05) is 93.0 Å². The fourth-order valence-electron chi connectivity index (χ4n) is 10.8. The molecule has 0 heterocycles. The molecule has 0 atom stereocenters. The van der Waals surface area contributed by atoms with Gasteiger partial charge in [0, 0.05) is 28.0 Å². The molecule has 0 unspecified atom stereocenters. The highest BCUT2D eigenvalue weighted by Crippen LogP contribution is 2.38. The van der Waals surface area contributed by atoms with Gasteiger partial charge in [0.1, 0.15) is 155 Å². The van der Waals surface area contributed by atoms with Crippen LogP contribution in [-0.4, -0.2) is 93.0 Å². The van der Waals surface area contributed by atoms with Crippen molar-refractivity contribution in [3.8, 4) is 103 Å². The lowest BCUT2D eigenvalue weighted by atomic mass is 10.0. The van der Waals surface area contributed by atoms with Gasteiger partial charge in [-0.15, -0.1) is 6.58 Å². The van der Waals surface area contributed by atoms with E-state index in [0.717, 1.165) is 114 Å². The van der Waals surface area contributed by atoms with Gasteiger partial charge in [-0.3, -0.25) is 0 Å². The molecule has 0 saturated heterocycles. The molecule has 0 aromatic heterocycles. The van der Waals surface area contributed by atoms with Gasteiger partial charge >= 0.3 is 0 Å². The van der Waals surface area contributed by atoms with E-state index in [2.05, 4.69) is 103 Å². The third-order valence-corrected chi connectivity index (χ3v) is 16.6. The summed E-state index contributed by atoms with van der Waals surface area (Å²) < 4.78 is 76.7. The van der Waals surface area contributed by atoms with E-state index < -0.39 is 0 Å². The van der Waals surface area contributed by atoms with Gasteiger partial charge in [0.05, 0.1) is 7.11 Å². The van der Waals surface area contributed by atoms with Gasteiger partial charge in [-0.1, -0.05) is 309 Å². The first-order chi connectivity index (χ1) is 62.3. The first-order valence-electron chi connectivity index (χ1n) is 41.6. The van der Waals surface area contributed by atoms with Crippen LogP contribution in [0.1, 0.15) is 37.5 Å². The molecule has 14 heteroatoms. The number of rotatable bonds is 45. The molecular formula is C113H126O14. The maximum atomic E-state index is 5.71. The molecule has 0 fully saturated rings. The molecule has 0 amide bonds. The molecule has 14 nitrogen and oxygen atoms in total. The number of para-hydroxylation sites is 3. The Labute approximate surface area is 756 Å². The fraction of sp³-hybridized carbons (Fsp3) is 0.168. The van der Waals surface area contributed by atoms with E-state index in [1.165, 1.54) is 22.3 Å². The van der Waals surface area contributed by atoms with Crippen LogP contribution in [0.25, 0.3) is 39.1 Å². The maximum absolute atomic E-state index is 5.71. The first kappa shape index (κ1) is 104. The van der Waals surface area contributed by atoms with Crippen LogP contribution in [0.2, 0.25) is 0 Å². The topological polar surface area (TPSA) is 129 Å². The zero-order chi connectivity index (χ0) is 91.8. The lowest BCUT2D eigenvalue weighted by Gasteiger charge is -2.14. The van der Waals surface area contributed by atoms with Crippen molar-refractivity contribution in [2.45, 2.75) is 34.1 Å². The molecule has 0 aliphatic carbocycles. The van der Waals surface area contributed by atoms with Gasteiger partial charge < -0.3 is 66.3 Å². The van der Waals surface area contributed by atoms with Crippen LogP contribution in [0, 0.1) is 6.92 Å². The Bertz CT molecular complexity index is 4890. The quantitative estimate of drug-likeness (QED) is 0.0336. The molecule has 11 aromatic carbocycles. The number of fused-ring (bicyclic) bond motifs is 1. The molecule has 11 aromatic rings. The third kappa shape index (κ3) is 43.0. The summed E-state index contributed by atoms with van der Waals surface area (Å²) in [5.74, 6) is 11.6. The van der Waals surface area contributed by atoms with Crippen molar-refractivity contribution in [2.24, 2.45) is 0 Å². The molecule has 11 rings (SSSR count). The van der Waals surface area contributed by atoms with Crippen molar-refractivity contribution in [1.29, 1.82) is 0 Å². The summed E-state index contributed by atoms with van der Waals surface area (Å²) in [5.41, 5.74) is 7.83. The van der Waals surface area contributed by atoms with E-state index in [0.29, 0.717) is 85.9 Å². The van der Waals surface area contributed by atoms with Gasteiger partial charge in [-0.2, -0.15) is 0 Å². The Morgan fingerprint density at radius 2 is 0.551 bits per heavy atom. The van der Waals surface area contributed by atoms with Gasteiger partial charge in [-0.05, 0) is 177 Å². The molecule has 662 valence electrons. The van der Waals surface area contributed by atoms with E-state index >= 15 is 0 Å². The molecule has 0 aliphatic rings. The lowest BCUT2D eigenvalue weighted by molar-refractivity contribution is 0.326. The number of aryl methyl sites for hydroxylation is 1. The average Bonchev–Trinajstić information content (AvgIpc) is 0.808. The summed E-state index contributed by atoms with van der Waals surface area (Å²) in [7, 11) is 1.63. The lowest BCUT2D eigenvalue weighted by Crippen LogP contribution is -1.98. The normalized spacial score (nSPS) is 9.87. The first-order valence-corrected chi connectivity index (χ1v) is 41.6. The minimum Gasteiger partial charge on any atom is -0.493 e. The molecule has 0 bridgehead atoms. The van der Waals surface area contributed by atoms with Gasteiger partial charge in [0.15, 0.2) is 11.5 Å². The van der Waals surface area contributed by atoms with E-state index in [9.17, 15) is 0 Å². The number of ether oxygens (including phenoxy) is 14. The summed E-state index contributed by atoms with van der Waals surface area (Å²) in [6.45, 7) is 58.3. The van der Waals surface area contributed by atoms with Crippen molar-refractivity contribution >= 4 is 16.8 Å².